The number of fused-ring (bicyclic) bond motifs is 2. The summed E-state index contributed by atoms with van der Waals surface area (Å²) in [5.74, 6) is 3.49. The molecule has 0 unspecified atom stereocenters. The van der Waals surface area contributed by atoms with Crippen LogP contribution in [0, 0.1) is 22.7 Å². The van der Waals surface area contributed by atoms with Crippen LogP contribution in [-0.2, 0) is 50.1 Å². The van der Waals surface area contributed by atoms with Crippen molar-refractivity contribution >= 4 is 65.7 Å². The molecule has 3 aliphatic rings. The molecule has 13 nitrogen and oxygen atoms in total. The van der Waals surface area contributed by atoms with E-state index in [4.69, 9.17) is 14.7 Å². The van der Waals surface area contributed by atoms with Crippen LogP contribution in [0.25, 0.3) is 22.1 Å². The number of piperidine rings is 2. The lowest BCUT2D eigenvalue weighted by Crippen LogP contribution is -2.57. The van der Waals surface area contributed by atoms with Crippen molar-refractivity contribution in [3.05, 3.63) is 52.5 Å². The zero-order valence-corrected chi connectivity index (χ0v) is 41.9. The monoisotopic (exact) mass is 951 g/mol. The predicted octanol–water partition coefficient (Wildman–Crippen LogP) is 8.92. The maximum absolute atomic E-state index is 13.4. The summed E-state index contributed by atoms with van der Waals surface area (Å²) in [6.07, 6.45) is 5.27. The molecule has 0 atom stereocenters. The summed E-state index contributed by atoms with van der Waals surface area (Å²) >= 11 is 3.56. The van der Waals surface area contributed by atoms with Crippen LogP contribution >= 0.6 is 15.9 Å². The Morgan fingerprint density at radius 1 is 0.667 bits per heavy atom. The third-order valence-corrected chi connectivity index (χ3v) is 14.8. The molecule has 0 saturated carbocycles. The van der Waals surface area contributed by atoms with Gasteiger partial charge in [-0.2, -0.15) is 0 Å². The van der Waals surface area contributed by atoms with E-state index in [1.54, 1.807) is 46.8 Å². The van der Waals surface area contributed by atoms with Gasteiger partial charge in [0.1, 0.15) is 22.5 Å². The Labute approximate surface area is 383 Å². The van der Waals surface area contributed by atoms with E-state index in [-0.39, 0.29) is 40.6 Å². The van der Waals surface area contributed by atoms with E-state index in [0.29, 0.717) is 17.4 Å². The molecule has 4 aromatic rings. The molecular formula is C48H70BrN7O6S. The number of imidazole rings is 2. The second kappa shape index (κ2) is 18.9. The third kappa shape index (κ3) is 12.4. The Kier molecular flexibility index (Phi) is 14.5. The highest BCUT2D eigenvalue weighted by Crippen LogP contribution is 2.33. The van der Waals surface area contributed by atoms with Gasteiger partial charge in [-0.05, 0) is 106 Å². The minimum Gasteiger partial charge on any atom is -0.444 e. The SMILES string of the molecule is CC(=O)N1CCC(Cn2c(CC(C)(C)C)nc3cc(Br)ccc32)CC1.CC(=O)N1CCC(Cn2c(CC(C)(C)C)nc3cc(S(=O)(=O)C4CN(C(=O)OC(C)(C)C)C4)ccc32)CC1. The zero-order valence-electron chi connectivity index (χ0n) is 39.5. The van der Waals surface area contributed by atoms with Crippen molar-refractivity contribution in [2.75, 3.05) is 39.3 Å². The van der Waals surface area contributed by atoms with E-state index < -0.39 is 26.8 Å². The molecule has 0 aliphatic carbocycles. The van der Waals surface area contributed by atoms with Crippen molar-refractivity contribution in [3.63, 3.8) is 0 Å². The maximum Gasteiger partial charge on any atom is 0.410 e. The van der Waals surface area contributed by atoms with Gasteiger partial charge >= 0.3 is 6.09 Å². The highest BCUT2D eigenvalue weighted by Gasteiger charge is 2.42. The molecular weight excluding hydrogens is 883 g/mol. The summed E-state index contributed by atoms with van der Waals surface area (Å²) in [5.41, 5.74) is 3.49. The third-order valence-electron chi connectivity index (χ3n) is 12.2. The standard InChI is InChI=1S/C28H42N4O5S.C20H28BrN3O/c1-19(33)30-12-10-20(11-13-30)16-32-24-9-8-21(14-23(24)29-25(32)15-27(2,3)4)38(35,36)22-17-31(18-22)26(34)37-28(5,6)7;1-14(25)23-9-7-15(8-10-23)13-24-18-6-5-16(21)11-17(18)22-19(24)12-20(2,3)4/h8-9,14,20,22H,10-13,15-18H2,1-7H3;5-6,11,15H,7-10,12-13H2,1-4H3. The molecule has 15 heteroatoms. The molecule has 0 spiro atoms. The molecule has 5 heterocycles. The van der Waals surface area contributed by atoms with Gasteiger partial charge in [-0.3, -0.25) is 9.59 Å². The van der Waals surface area contributed by atoms with Gasteiger partial charge in [0.2, 0.25) is 11.8 Å². The summed E-state index contributed by atoms with van der Waals surface area (Å²) in [6, 6.07) is 11.6. The molecule has 346 valence electrons. The van der Waals surface area contributed by atoms with Gasteiger partial charge in [0.15, 0.2) is 9.84 Å². The average molecular weight is 953 g/mol. The summed E-state index contributed by atoms with van der Waals surface area (Å²) < 4.78 is 37.9. The van der Waals surface area contributed by atoms with Crippen LogP contribution in [-0.4, -0.2) is 110 Å². The number of sulfone groups is 1. The van der Waals surface area contributed by atoms with Crippen molar-refractivity contribution in [2.24, 2.45) is 22.7 Å². The number of rotatable bonds is 8. The maximum atomic E-state index is 13.4. The molecule has 3 fully saturated rings. The lowest BCUT2D eigenvalue weighted by atomic mass is 9.91. The fraction of sp³-hybridized carbons (Fsp3) is 0.646. The first kappa shape index (κ1) is 48.5. The second-order valence-corrected chi connectivity index (χ2v) is 24.6. The number of hydrogen-bond donors (Lipinski definition) is 0. The van der Waals surface area contributed by atoms with Gasteiger partial charge in [-0.25, -0.2) is 23.2 Å². The van der Waals surface area contributed by atoms with Crippen LogP contribution in [0.15, 0.2) is 45.8 Å². The Balaban J connectivity index is 0.000000228. The molecule has 3 amide bonds. The number of carbonyl (C=O) groups excluding carboxylic acids is 3. The van der Waals surface area contributed by atoms with Crippen LogP contribution in [0.2, 0.25) is 0 Å². The van der Waals surface area contributed by atoms with Crippen molar-refractivity contribution in [1.82, 2.24) is 33.8 Å². The van der Waals surface area contributed by atoms with Crippen molar-refractivity contribution in [3.8, 4) is 0 Å². The first-order valence-electron chi connectivity index (χ1n) is 22.6. The van der Waals surface area contributed by atoms with Crippen LogP contribution < -0.4 is 0 Å². The number of benzene rings is 2. The fourth-order valence-corrected chi connectivity index (χ4v) is 10.8. The average Bonchev–Trinajstić information content (AvgIpc) is 3.64. The van der Waals surface area contributed by atoms with E-state index in [9.17, 15) is 22.8 Å². The molecule has 7 rings (SSSR count). The molecule has 3 saturated heterocycles. The topological polar surface area (TPSA) is 140 Å². The molecule has 0 N–H and O–H groups in total. The Morgan fingerprint density at radius 3 is 1.51 bits per heavy atom. The van der Waals surface area contributed by atoms with Gasteiger partial charge in [0, 0.05) is 83.5 Å². The van der Waals surface area contributed by atoms with E-state index >= 15 is 0 Å². The van der Waals surface area contributed by atoms with Gasteiger partial charge in [0.05, 0.1) is 27.0 Å². The van der Waals surface area contributed by atoms with Gasteiger partial charge in [0.25, 0.3) is 0 Å². The lowest BCUT2D eigenvalue weighted by molar-refractivity contribution is -0.131. The second-order valence-electron chi connectivity index (χ2n) is 21.5. The number of halogens is 1. The largest absolute Gasteiger partial charge is 0.444 e. The molecule has 63 heavy (non-hydrogen) atoms. The fourth-order valence-electron chi connectivity index (χ4n) is 8.79. The van der Waals surface area contributed by atoms with E-state index in [1.165, 1.54) is 16.2 Å². The number of carbonyl (C=O) groups is 3. The minimum absolute atomic E-state index is 0.0169. The van der Waals surface area contributed by atoms with E-state index in [1.807, 2.05) is 15.9 Å². The Hall–Kier alpha value is -3.98. The summed E-state index contributed by atoms with van der Waals surface area (Å²) in [6.45, 7) is 27.3. The highest BCUT2D eigenvalue weighted by atomic mass is 79.9. The van der Waals surface area contributed by atoms with Crippen LogP contribution in [0.1, 0.15) is 113 Å². The molecule has 2 aromatic heterocycles. The van der Waals surface area contributed by atoms with Crippen molar-refractivity contribution in [2.45, 2.75) is 144 Å². The highest BCUT2D eigenvalue weighted by molar-refractivity contribution is 9.10. The minimum atomic E-state index is -3.62. The number of likely N-dealkylation sites (tertiary alicyclic amines) is 3. The zero-order chi connectivity index (χ0) is 46.2. The summed E-state index contributed by atoms with van der Waals surface area (Å²) in [7, 11) is -3.62. The Morgan fingerprint density at radius 2 is 1.10 bits per heavy atom. The number of hydrogen-bond acceptors (Lipinski definition) is 8. The van der Waals surface area contributed by atoms with Gasteiger partial charge < -0.3 is 28.6 Å². The smallest absolute Gasteiger partial charge is 0.410 e. The number of aromatic nitrogens is 4. The van der Waals surface area contributed by atoms with Crippen molar-refractivity contribution in [1.29, 1.82) is 0 Å². The quantitative estimate of drug-likeness (QED) is 0.171. The van der Waals surface area contributed by atoms with Gasteiger partial charge in [-0.15, -0.1) is 0 Å². The Bertz CT molecular complexity index is 2400. The predicted molar refractivity (Wildman–Crippen MR) is 252 cm³/mol. The normalized spacial score (nSPS) is 17.5. The number of nitrogens with zero attached hydrogens (tertiary/aromatic N) is 7. The summed E-state index contributed by atoms with van der Waals surface area (Å²) in [5, 5.41) is -0.657. The molecule has 0 bridgehead atoms. The number of ether oxygens (including phenoxy) is 1. The molecule has 2 aromatic carbocycles. The number of amides is 3. The van der Waals surface area contributed by atoms with E-state index in [0.717, 1.165) is 99.1 Å². The van der Waals surface area contributed by atoms with Crippen molar-refractivity contribution < 1.29 is 27.5 Å². The first-order valence-corrected chi connectivity index (χ1v) is 25.0. The summed E-state index contributed by atoms with van der Waals surface area (Å²) in [4.78, 5) is 50.9. The van der Waals surface area contributed by atoms with Crippen LogP contribution in [0.3, 0.4) is 0 Å². The first-order chi connectivity index (χ1) is 29.3. The lowest BCUT2D eigenvalue weighted by Gasteiger charge is -2.39. The van der Waals surface area contributed by atoms with Crippen LogP contribution in [0.5, 0.6) is 0 Å². The molecule has 3 aliphatic heterocycles. The van der Waals surface area contributed by atoms with E-state index in [2.05, 4.69) is 84.8 Å². The van der Waals surface area contributed by atoms with Gasteiger partial charge in [-0.1, -0.05) is 57.5 Å². The molecule has 0 radical (unpaired) electrons. The van der Waals surface area contributed by atoms with Crippen LogP contribution in [0.4, 0.5) is 4.79 Å².